The Balaban J connectivity index is 1.61. The Kier molecular flexibility index (Phi) is 5.16. The quantitative estimate of drug-likeness (QED) is 0.605. The van der Waals surface area contributed by atoms with E-state index in [0.29, 0.717) is 29.9 Å². The third-order valence-corrected chi connectivity index (χ3v) is 7.28. The summed E-state index contributed by atoms with van der Waals surface area (Å²) in [6, 6.07) is 3.94. The number of carbonyl (C=O) groups is 1. The number of rotatable bonds is 5. The van der Waals surface area contributed by atoms with Gasteiger partial charge in [-0.15, -0.1) is 0 Å². The normalized spacial score (nSPS) is 28.4. The number of carbonyl (C=O) groups excluding carboxylic acids is 1. The number of ether oxygens (including phenoxy) is 5. The second-order valence-corrected chi connectivity index (χ2v) is 9.34. The summed E-state index contributed by atoms with van der Waals surface area (Å²) in [5.41, 5.74) is 2.13. The van der Waals surface area contributed by atoms with Gasteiger partial charge in [0, 0.05) is 19.3 Å². The predicted molar refractivity (Wildman–Crippen MR) is 114 cm³/mol. The topological polar surface area (TPSA) is 63.2 Å². The van der Waals surface area contributed by atoms with Crippen molar-refractivity contribution in [1.29, 1.82) is 0 Å². The standard InChI is InChI=1S/C25H32O6/c1-4-5-11-25-14-16-12-18(27-2)19(28-3)13-17(16)22(30-25)21-20(29-25)15-24(31-23(21)26)9-7-6-8-10-24/h12-13,22H,4-11,14-15H2,1-3H3/t22?,25-/m1/s1. The summed E-state index contributed by atoms with van der Waals surface area (Å²) in [6.45, 7) is 2.17. The van der Waals surface area contributed by atoms with Crippen molar-refractivity contribution < 1.29 is 28.5 Å². The van der Waals surface area contributed by atoms with Crippen molar-refractivity contribution in [2.75, 3.05) is 14.2 Å². The molecule has 1 unspecified atom stereocenters. The molecule has 1 spiro atoms. The molecular weight excluding hydrogens is 396 g/mol. The Morgan fingerprint density at radius 3 is 2.48 bits per heavy atom. The van der Waals surface area contributed by atoms with Crippen LogP contribution in [0.1, 0.15) is 81.9 Å². The molecule has 1 fully saturated rings. The molecule has 3 heterocycles. The molecule has 0 amide bonds. The lowest BCUT2D eigenvalue weighted by atomic mass is 9.77. The van der Waals surface area contributed by atoms with Crippen LogP contribution in [0.3, 0.4) is 0 Å². The molecular formula is C25H32O6. The van der Waals surface area contributed by atoms with Crippen LogP contribution in [-0.4, -0.2) is 31.6 Å². The molecule has 4 aliphatic rings. The van der Waals surface area contributed by atoms with Crippen molar-refractivity contribution in [3.63, 3.8) is 0 Å². The van der Waals surface area contributed by atoms with Gasteiger partial charge in [-0.25, -0.2) is 4.79 Å². The Hall–Kier alpha value is -2.21. The third kappa shape index (κ3) is 3.39. The largest absolute Gasteiger partial charge is 0.493 e. The molecule has 0 radical (unpaired) electrons. The van der Waals surface area contributed by atoms with Gasteiger partial charge in [-0.1, -0.05) is 19.8 Å². The van der Waals surface area contributed by atoms with E-state index in [4.69, 9.17) is 23.7 Å². The van der Waals surface area contributed by atoms with Gasteiger partial charge in [-0.05, 0) is 55.4 Å². The number of hydrogen-bond acceptors (Lipinski definition) is 6. The fourth-order valence-corrected chi connectivity index (χ4v) is 5.70. The molecule has 31 heavy (non-hydrogen) atoms. The first-order valence-electron chi connectivity index (χ1n) is 11.6. The molecule has 1 aromatic carbocycles. The van der Waals surface area contributed by atoms with Crippen molar-refractivity contribution in [2.24, 2.45) is 0 Å². The van der Waals surface area contributed by atoms with E-state index in [-0.39, 0.29) is 5.97 Å². The maximum Gasteiger partial charge on any atom is 0.341 e. The second kappa shape index (κ2) is 7.73. The van der Waals surface area contributed by atoms with Crippen molar-refractivity contribution in [3.05, 3.63) is 34.6 Å². The van der Waals surface area contributed by atoms with Crippen LogP contribution in [-0.2, 0) is 25.4 Å². The molecule has 1 saturated carbocycles. The van der Waals surface area contributed by atoms with Gasteiger partial charge in [0.1, 0.15) is 23.0 Å². The predicted octanol–water partition coefficient (Wildman–Crippen LogP) is 5.14. The number of fused-ring (bicyclic) bond motifs is 5. The monoisotopic (exact) mass is 428 g/mol. The summed E-state index contributed by atoms with van der Waals surface area (Å²) in [5, 5.41) is 0. The molecule has 0 saturated heterocycles. The molecule has 2 atom stereocenters. The average Bonchev–Trinajstić information content (AvgIpc) is 2.76. The summed E-state index contributed by atoms with van der Waals surface area (Å²) in [5.74, 6) is 1.05. The lowest BCUT2D eigenvalue weighted by Gasteiger charge is -2.51. The average molecular weight is 429 g/mol. The Morgan fingerprint density at radius 1 is 1.03 bits per heavy atom. The summed E-state index contributed by atoms with van der Waals surface area (Å²) in [7, 11) is 3.26. The van der Waals surface area contributed by atoms with Gasteiger partial charge in [0.2, 0.25) is 5.79 Å². The number of esters is 1. The van der Waals surface area contributed by atoms with Crippen LogP contribution in [0, 0.1) is 0 Å². The van der Waals surface area contributed by atoms with Gasteiger partial charge in [0.15, 0.2) is 11.5 Å². The molecule has 168 valence electrons. The van der Waals surface area contributed by atoms with Gasteiger partial charge < -0.3 is 23.7 Å². The first-order chi connectivity index (χ1) is 15.0. The minimum atomic E-state index is -0.750. The molecule has 3 aliphatic heterocycles. The highest BCUT2D eigenvalue weighted by molar-refractivity contribution is 5.92. The summed E-state index contributed by atoms with van der Waals surface area (Å²) in [6.07, 6.45) is 8.82. The number of hydrogen-bond donors (Lipinski definition) is 0. The van der Waals surface area contributed by atoms with Crippen LogP contribution < -0.4 is 9.47 Å². The van der Waals surface area contributed by atoms with Crippen LogP contribution in [0.25, 0.3) is 0 Å². The highest BCUT2D eigenvalue weighted by Crippen LogP contribution is 2.54. The molecule has 1 aromatic rings. The number of benzene rings is 1. The zero-order valence-electron chi connectivity index (χ0n) is 18.8. The first-order valence-corrected chi connectivity index (χ1v) is 11.6. The van der Waals surface area contributed by atoms with Crippen molar-refractivity contribution in [3.8, 4) is 11.5 Å². The highest BCUT2D eigenvalue weighted by atomic mass is 16.7. The SMILES string of the molecule is CCCC[C@]12Cc3cc(OC)c(OC)cc3C(O1)C1=C(CC3(CCCCC3)OC1=O)O2. The Morgan fingerprint density at radius 2 is 1.77 bits per heavy atom. The van der Waals surface area contributed by atoms with Crippen molar-refractivity contribution in [1.82, 2.24) is 0 Å². The van der Waals surface area contributed by atoms with E-state index in [1.54, 1.807) is 14.2 Å². The zero-order chi connectivity index (χ0) is 21.6. The molecule has 5 rings (SSSR count). The maximum absolute atomic E-state index is 13.3. The third-order valence-electron chi connectivity index (χ3n) is 7.28. The van der Waals surface area contributed by atoms with Crippen molar-refractivity contribution in [2.45, 2.75) is 88.6 Å². The van der Waals surface area contributed by atoms with E-state index < -0.39 is 17.5 Å². The summed E-state index contributed by atoms with van der Waals surface area (Å²) in [4.78, 5) is 13.3. The Labute approximate surface area is 183 Å². The van der Waals surface area contributed by atoms with Gasteiger partial charge in [-0.3, -0.25) is 0 Å². The molecule has 1 aliphatic carbocycles. The first kappa shape index (κ1) is 20.7. The second-order valence-electron chi connectivity index (χ2n) is 9.34. The molecule has 6 nitrogen and oxygen atoms in total. The van der Waals surface area contributed by atoms with E-state index in [9.17, 15) is 4.79 Å². The van der Waals surface area contributed by atoms with Crippen LogP contribution in [0.2, 0.25) is 0 Å². The smallest absolute Gasteiger partial charge is 0.341 e. The van der Waals surface area contributed by atoms with E-state index >= 15 is 0 Å². The minimum Gasteiger partial charge on any atom is -0.493 e. The van der Waals surface area contributed by atoms with Crippen LogP contribution in [0.5, 0.6) is 11.5 Å². The van der Waals surface area contributed by atoms with E-state index in [2.05, 4.69) is 6.92 Å². The summed E-state index contributed by atoms with van der Waals surface area (Å²) < 4.78 is 30.3. The fraction of sp³-hybridized carbons (Fsp3) is 0.640. The molecule has 2 bridgehead atoms. The van der Waals surface area contributed by atoms with Crippen LogP contribution in [0.15, 0.2) is 23.5 Å². The lowest BCUT2D eigenvalue weighted by Crippen LogP contribution is -2.52. The van der Waals surface area contributed by atoms with Crippen LogP contribution in [0.4, 0.5) is 0 Å². The van der Waals surface area contributed by atoms with Gasteiger partial charge in [0.25, 0.3) is 0 Å². The number of unbranched alkanes of at least 4 members (excludes halogenated alkanes) is 1. The fourth-order valence-electron chi connectivity index (χ4n) is 5.70. The van der Waals surface area contributed by atoms with Gasteiger partial charge in [0.05, 0.1) is 14.2 Å². The maximum atomic E-state index is 13.3. The Bertz CT molecular complexity index is 913. The molecule has 0 aromatic heterocycles. The summed E-state index contributed by atoms with van der Waals surface area (Å²) >= 11 is 0. The van der Waals surface area contributed by atoms with E-state index in [0.717, 1.165) is 61.8 Å². The van der Waals surface area contributed by atoms with E-state index in [1.165, 1.54) is 6.42 Å². The van der Waals surface area contributed by atoms with Gasteiger partial charge >= 0.3 is 5.97 Å². The van der Waals surface area contributed by atoms with Crippen molar-refractivity contribution >= 4 is 5.97 Å². The van der Waals surface area contributed by atoms with E-state index in [1.807, 2.05) is 12.1 Å². The molecule has 6 heteroatoms. The number of methoxy groups -OCH3 is 2. The lowest BCUT2D eigenvalue weighted by molar-refractivity contribution is -0.272. The molecule has 0 N–H and O–H groups in total. The zero-order valence-corrected chi connectivity index (χ0v) is 18.8. The van der Waals surface area contributed by atoms with Crippen LogP contribution >= 0.6 is 0 Å². The minimum absolute atomic E-state index is 0.292. The van der Waals surface area contributed by atoms with Gasteiger partial charge in [-0.2, -0.15) is 0 Å². The highest BCUT2D eigenvalue weighted by Gasteiger charge is 2.55.